The van der Waals surface area contributed by atoms with E-state index in [2.05, 4.69) is 27.1 Å². The number of methoxy groups -OCH3 is 1. The van der Waals surface area contributed by atoms with Gasteiger partial charge in [-0.3, -0.25) is 19.3 Å². The monoisotopic (exact) mass is 845 g/mol. The van der Waals surface area contributed by atoms with Crippen LogP contribution < -0.4 is 10.2 Å². The van der Waals surface area contributed by atoms with Crippen LogP contribution in [0, 0.1) is 17.8 Å². The number of phenolic OH excluding ortho intramolecular Hbond substituents is 1. The van der Waals surface area contributed by atoms with E-state index in [9.17, 15) is 15.0 Å². The van der Waals surface area contributed by atoms with Gasteiger partial charge in [-0.05, 0) is 64.7 Å². The van der Waals surface area contributed by atoms with Crippen molar-refractivity contribution >= 4 is 40.6 Å². The number of imide groups is 1. The van der Waals surface area contributed by atoms with Crippen LogP contribution in [-0.2, 0) is 40.6 Å². The number of fused-ring (bicyclic) bond motifs is 4. The highest BCUT2D eigenvalue weighted by atomic mass is 16.6. The zero-order chi connectivity index (χ0) is 43.7. The molecule has 4 N–H and O–H groups in total. The van der Waals surface area contributed by atoms with Crippen LogP contribution in [0.15, 0.2) is 127 Å². The Hall–Kier alpha value is -7.31. The lowest BCUT2D eigenvalue weighted by Crippen LogP contribution is -2.55. The lowest BCUT2D eigenvalue weighted by atomic mass is 9.65. The summed E-state index contributed by atoms with van der Waals surface area (Å²) in [6.07, 6.45) is -1.76. The van der Waals surface area contributed by atoms with Crippen LogP contribution in [0.5, 0.6) is 5.75 Å². The van der Waals surface area contributed by atoms with E-state index in [1.807, 2.05) is 89.8 Å². The zero-order valence-corrected chi connectivity index (χ0v) is 34.1. The van der Waals surface area contributed by atoms with Gasteiger partial charge >= 0.3 is 12.1 Å². The van der Waals surface area contributed by atoms with Crippen molar-refractivity contribution in [3.05, 3.63) is 161 Å². The largest absolute Gasteiger partial charge is 0.508 e. The molecule has 6 aromatic rings. The molecule has 6 unspecified atom stereocenters. The van der Waals surface area contributed by atoms with Crippen LogP contribution >= 0.6 is 0 Å². The molecule has 2 saturated heterocycles. The maximum atomic E-state index is 16.1. The van der Waals surface area contributed by atoms with Gasteiger partial charge in [-0.25, -0.2) is 14.7 Å². The number of aromatic amines is 1. The summed E-state index contributed by atoms with van der Waals surface area (Å²) in [5, 5.41) is 23.2. The van der Waals surface area contributed by atoms with Gasteiger partial charge in [0.2, 0.25) is 11.8 Å². The number of cyclic esters (lactones) is 1. The SMILES string of the molecule is COCCOC(=O)N1C(=O)C2(c3cc(C#CCCO)ccc31)C(C(=O)NCc1nc3ccccc3[nH]1)C1C(=O)OC(c3ccccc3)C(c3ccccc3)N1C2c1ccc(O)cc1. The summed E-state index contributed by atoms with van der Waals surface area (Å²) in [6.45, 7) is -0.405. The average Bonchev–Trinajstić information content (AvgIpc) is 3.95. The second kappa shape index (κ2) is 17.2. The standard InChI is InChI=1S/C49H43N5O9/c1-61-26-27-62-48(60)53-38-24-19-30(12-10-11-25-55)28-35(38)49(47(53)59)40(45(57)50-29-39-51-36-17-8-9-18-37(36)52-39)42-46(58)63-43(32-15-6-3-7-16-32)41(31-13-4-2-5-14-31)54(42)44(49)33-20-22-34(56)23-21-33/h2-9,13-24,28,40-44,55-56H,11,25-27,29H2,1H3,(H,50,57)(H,51,52). The normalized spacial score (nSPS) is 22.6. The fraction of sp³-hybridized carbons (Fsp3) is 0.245. The van der Waals surface area contributed by atoms with Crippen LogP contribution in [0.25, 0.3) is 11.0 Å². The second-order valence-corrected chi connectivity index (χ2v) is 15.5. The van der Waals surface area contributed by atoms with Crippen LogP contribution in [0.1, 0.15) is 58.3 Å². The number of aromatic hydroxyl groups is 1. The molecule has 2 fully saturated rings. The maximum Gasteiger partial charge on any atom is 0.421 e. The number of amides is 3. The number of carbonyl (C=O) groups is 4. The first-order valence-electron chi connectivity index (χ1n) is 20.6. The molecule has 6 atom stereocenters. The van der Waals surface area contributed by atoms with Crippen molar-refractivity contribution in [1.29, 1.82) is 0 Å². The molecule has 3 aliphatic rings. The number of carbonyl (C=O) groups excluding carboxylic acids is 4. The van der Waals surface area contributed by atoms with Crippen molar-refractivity contribution < 1.29 is 43.6 Å². The van der Waals surface area contributed by atoms with Crippen LogP contribution in [0.3, 0.4) is 0 Å². The summed E-state index contributed by atoms with van der Waals surface area (Å²) in [7, 11) is 1.45. The number of rotatable bonds is 10. The fourth-order valence-corrected chi connectivity index (χ4v) is 9.49. The summed E-state index contributed by atoms with van der Waals surface area (Å²) >= 11 is 0. The summed E-state index contributed by atoms with van der Waals surface area (Å²) in [6, 6.07) is 33.9. The molecule has 0 radical (unpaired) electrons. The number of aliphatic hydroxyl groups excluding tert-OH is 1. The number of aromatic nitrogens is 2. The van der Waals surface area contributed by atoms with E-state index in [-0.39, 0.29) is 49.8 Å². The fourth-order valence-electron chi connectivity index (χ4n) is 9.49. The number of imidazole rings is 1. The maximum absolute atomic E-state index is 16.1. The van der Waals surface area contributed by atoms with Gasteiger partial charge in [-0.2, -0.15) is 0 Å². The molecular weight excluding hydrogens is 803 g/mol. The molecule has 14 nitrogen and oxygen atoms in total. The Morgan fingerprint density at radius 1 is 0.873 bits per heavy atom. The van der Waals surface area contributed by atoms with Crippen molar-refractivity contribution in [3.8, 4) is 17.6 Å². The predicted octanol–water partition coefficient (Wildman–Crippen LogP) is 5.77. The number of anilines is 1. The van der Waals surface area contributed by atoms with E-state index in [1.165, 1.54) is 19.2 Å². The number of nitrogens with zero attached hydrogens (tertiary/aromatic N) is 3. The number of hydrogen-bond donors (Lipinski definition) is 4. The number of nitrogens with one attached hydrogen (secondary N) is 2. The van der Waals surface area contributed by atoms with Gasteiger partial charge < -0.3 is 34.7 Å². The average molecular weight is 846 g/mol. The molecule has 63 heavy (non-hydrogen) atoms. The Kier molecular flexibility index (Phi) is 11.2. The minimum absolute atomic E-state index is 0.0507. The number of H-pyrrole nitrogens is 1. The van der Waals surface area contributed by atoms with E-state index >= 15 is 14.4 Å². The Labute approximate surface area is 362 Å². The molecule has 1 aromatic heterocycles. The Morgan fingerprint density at radius 3 is 2.30 bits per heavy atom. The van der Waals surface area contributed by atoms with Gasteiger partial charge in [-0.15, -0.1) is 0 Å². The van der Waals surface area contributed by atoms with Crippen LogP contribution in [-0.4, -0.2) is 81.9 Å². The van der Waals surface area contributed by atoms with Crippen LogP contribution in [0.2, 0.25) is 0 Å². The number of morpholine rings is 1. The Balaban J connectivity index is 1.32. The van der Waals surface area contributed by atoms with E-state index in [1.54, 1.807) is 30.3 Å². The summed E-state index contributed by atoms with van der Waals surface area (Å²) in [4.78, 5) is 71.9. The number of benzene rings is 5. The number of hydrogen-bond acceptors (Lipinski definition) is 11. The minimum atomic E-state index is -2.05. The van der Waals surface area contributed by atoms with Crippen molar-refractivity contribution in [3.63, 3.8) is 0 Å². The number of aliphatic hydroxyl groups is 1. The molecule has 0 bridgehead atoms. The molecule has 5 aromatic carbocycles. The van der Waals surface area contributed by atoms with E-state index in [0.717, 1.165) is 16.0 Å². The lowest BCUT2D eigenvalue weighted by molar-refractivity contribution is -0.178. The smallest absolute Gasteiger partial charge is 0.421 e. The molecule has 318 valence electrons. The lowest BCUT2D eigenvalue weighted by Gasteiger charge is -2.46. The summed E-state index contributed by atoms with van der Waals surface area (Å²) in [5.74, 6) is 2.58. The zero-order valence-electron chi connectivity index (χ0n) is 34.1. The quantitative estimate of drug-likeness (QED) is 0.0747. The van der Waals surface area contributed by atoms with Gasteiger partial charge in [0.1, 0.15) is 35.7 Å². The first-order chi connectivity index (χ1) is 30.8. The number of esters is 1. The Morgan fingerprint density at radius 2 is 1.59 bits per heavy atom. The third-order valence-electron chi connectivity index (χ3n) is 12.0. The third kappa shape index (κ3) is 7.15. The molecule has 1 spiro atoms. The van der Waals surface area contributed by atoms with Crippen molar-refractivity contribution in [2.24, 2.45) is 5.92 Å². The molecular formula is C49H43N5O9. The molecule has 9 rings (SSSR count). The van der Waals surface area contributed by atoms with Gasteiger partial charge in [0.05, 0.1) is 54.5 Å². The third-order valence-corrected chi connectivity index (χ3v) is 12.0. The van der Waals surface area contributed by atoms with Gasteiger partial charge in [-0.1, -0.05) is 96.8 Å². The predicted molar refractivity (Wildman–Crippen MR) is 230 cm³/mol. The molecule has 14 heteroatoms. The van der Waals surface area contributed by atoms with Gasteiger partial charge in [0.25, 0.3) is 0 Å². The highest BCUT2D eigenvalue weighted by molar-refractivity contribution is 6.23. The number of para-hydroxylation sites is 2. The molecule has 0 saturated carbocycles. The molecule has 4 heterocycles. The number of phenols is 1. The highest BCUT2D eigenvalue weighted by Gasteiger charge is 2.75. The second-order valence-electron chi connectivity index (χ2n) is 15.5. The highest BCUT2D eigenvalue weighted by Crippen LogP contribution is 2.66. The van der Waals surface area contributed by atoms with E-state index < -0.39 is 59.4 Å². The summed E-state index contributed by atoms with van der Waals surface area (Å²) in [5.41, 5.74) is 2.09. The van der Waals surface area contributed by atoms with E-state index in [4.69, 9.17) is 14.2 Å². The van der Waals surface area contributed by atoms with Gasteiger partial charge in [0.15, 0.2) is 0 Å². The van der Waals surface area contributed by atoms with Crippen molar-refractivity contribution in [2.75, 3.05) is 31.8 Å². The summed E-state index contributed by atoms with van der Waals surface area (Å²) < 4.78 is 17.3. The topological polar surface area (TPSA) is 184 Å². The molecule has 3 amide bonds. The Bertz CT molecular complexity index is 2720. The number of ether oxygens (including phenoxy) is 3. The van der Waals surface area contributed by atoms with Gasteiger partial charge in [0, 0.05) is 19.1 Å². The van der Waals surface area contributed by atoms with Crippen LogP contribution in [0.4, 0.5) is 10.5 Å². The van der Waals surface area contributed by atoms with Crippen molar-refractivity contribution in [2.45, 2.75) is 42.6 Å². The van der Waals surface area contributed by atoms with E-state index in [0.29, 0.717) is 28.0 Å². The molecule has 3 aliphatic heterocycles. The molecule has 0 aliphatic carbocycles. The van der Waals surface area contributed by atoms with Crippen molar-refractivity contribution in [1.82, 2.24) is 20.2 Å². The minimum Gasteiger partial charge on any atom is -0.508 e. The first-order valence-corrected chi connectivity index (χ1v) is 20.6. The first kappa shape index (κ1) is 41.1.